The van der Waals surface area contributed by atoms with Crippen LogP contribution in [0.1, 0.15) is 101 Å². The Balaban J connectivity index is 0.000000189. The quantitative estimate of drug-likeness (QED) is 0.0534. The maximum Gasteiger partial charge on any atom is 0.410 e. The number of phenols is 1. The molecule has 8 aromatic rings. The molecule has 8 N–H and O–H groups in total. The smallest absolute Gasteiger partial charge is 0.410 e. The van der Waals surface area contributed by atoms with Crippen LogP contribution in [0.3, 0.4) is 0 Å². The van der Waals surface area contributed by atoms with E-state index < -0.39 is 76.1 Å². The fraction of sp³-hybridized carbons (Fsp3) is 0.286. The molecule has 0 spiro atoms. The molecule has 10 rings (SSSR count). The van der Waals surface area contributed by atoms with Crippen LogP contribution in [0.2, 0.25) is 0 Å². The first-order chi connectivity index (χ1) is 41.9. The van der Waals surface area contributed by atoms with Gasteiger partial charge in [-0.25, -0.2) is 18.4 Å². The van der Waals surface area contributed by atoms with Gasteiger partial charge in [-0.15, -0.1) is 0 Å². The van der Waals surface area contributed by atoms with E-state index in [1.165, 1.54) is 91.9 Å². The predicted octanol–water partition coefficient (Wildman–Crippen LogP) is 6.57. The number of likely N-dealkylation sites (tertiary alicyclic amines) is 1. The third kappa shape index (κ3) is 14.7. The Morgan fingerprint density at radius 2 is 1.05 bits per heavy atom. The van der Waals surface area contributed by atoms with Crippen molar-refractivity contribution in [3.05, 3.63) is 178 Å². The van der Waals surface area contributed by atoms with Gasteiger partial charge in [0.2, 0.25) is 0 Å². The fourth-order valence-electron chi connectivity index (χ4n) is 9.74. The van der Waals surface area contributed by atoms with Crippen molar-refractivity contribution < 1.29 is 71.5 Å². The second-order valence-electron chi connectivity index (χ2n) is 21.5. The number of nitrogens with one attached hydrogen (secondary N) is 4. The molecule has 0 unspecified atom stereocenters. The number of ketones is 2. The van der Waals surface area contributed by atoms with Gasteiger partial charge >= 0.3 is 12.1 Å². The van der Waals surface area contributed by atoms with Crippen molar-refractivity contribution >= 4 is 63.2 Å². The number of phenolic OH excluding ortho intramolecular Hbond substituents is 1. The molecule has 460 valence electrons. The van der Waals surface area contributed by atoms with Crippen LogP contribution >= 0.6 is 0 Å². The number of methoxy groups -OCH3 is 2. The number of halogens is 2. The topological polar surface area (TPSA) is 310 Å². The second kappa shape index (κ2) is 27.4. The summed E-state index contributed by atoms with van der Waals surface area (Å²) < 4.78 is 53.6. The highest BCUT2D eigenvalue weighted by atomic mass is 19.1. The zero-order chi connectivity index (χ0) is 63.7. The van der Waals surface area contributed by atoms with Crippen molar-refractivity contribution in [2.75, 3.05) is 47.0 Å². The zero-order valence-electron chi connectivity index (χ0n) is 49.3. The number of aromatic nitrogens is 4. The van der Waals surface area contributed by atoms with Crippen molar-refractivity contribution in [3.63, 3.8) is 0 Å². The summed E-state index contributed by atoms with van der Waals surface area (Å²) in [6, 6.07) is 25.4. The number of carboxylic acids is 1. The molecule has 2 aliphatic rings. The molecule has 4 atom stereocenters. The Labute approximate surface area is 503 Å². The maximum atomic E-state index is 14.9. The van der Waals surface area contributed by atoms with Gasteiger partial charge in [0.15, 0.2) is 34.7 Å². The summed E-state index contributed by atoms with van der Waals surface area (Å²) in [6.45, 7) is 8.71. The molecule has 0 bridgehead atoms. The molecule has 2 aliphatic heterocycles. The lowest BCUT2D eigenvalue weighted by atomic mass is 10.00. The van der Waals surface area contributed by atoms with Crippen LogP contribution in [0.5, 0.6) is 23.0 Å². The number of rotatable bonds is 15. The average molecular weight is 1210 g/mol. The minimum atomic E-state index is -0.966. The van der Waals surface area contributed by atoms with Gasteiger partial charge in [-0.05, 0) is 113 Å². The number of benzene rings is 6. The number of hydrogen-bond donors (Lipinski definition) is 7. The molecule has 4 heterocycles. The minimum Gasteiger partial charge on any atom is -0.507 e. The number of amides is 4. The molecular weight excluding hydrogens is 1140 g/mol. The van der Waals surface area contributed by atoms with Crippen LogP contribution in [0.25, 0.3) is 21.8 Å². The minimum absolute atomic E-state index is 0.0777. The van der Waals surface area contributed by atoms with Crippen LogP contribution in [-0.2, 0) is 18.8 Å². The number of nitrogens with two attached hydrogens (primary N) is 1. The van der Waals surface area contributed by atoms with Crippen LogP contribution in [0.15, 0.2) is 122 Å². The summed E-state index contributed by atoms with van der Waals surface area (Å²) in [6.07, 6.45) is 2.86. The van der Waals surface area contributed by atoms with E-state index in [4.69, 9.17) is 29.8 Å². The highest BCUT2D eigenvalue weighted by Gasteiger charge is 2.37. The first-order valence-electron chi connectivity index (χ1n) is 27.7. The highest BCUT2D eigenvalue weighted by Crippen LogP contribution is 2.33. The lowest BCUT2D eigenvalue weighted by Crippen LogP contribution is -2.51. The number of aryl methyl sites for hydroxylation is 2. The number of carbonyl (C=O) groups is 7. The molecule has 2 saturated heterocycles. The first-order valence-corrected chi connectivity index (χ1v) is 27.7. The molecule has 0 aliphatic carbocycles. The third-order valence-corrected chi connectivity index (χ3v) is 14.3. The zero-order valence-corrected chi connectivity index (χ0v) is 49.3. The Hall–Kier alpha value is -10.3. The van der Waals surface area contributed by atoms with Crippen molar-refractivity contribution in [1.29, 1.82) is 0 Å². The monoisotopic (exact) mass is 1210 g/mol. The maximum absolute atomic E-state index is 14.9. The third-order valence-electron chi connectivity index (χ3n) is 14.3. The second-order valence-corrected chi connectivity index (χ2v) is 21.5. The standard InChI is InChI=1S/C28H26FN5O5.C26H32FN3O6.C9H8N2O2/c1-34-21-8-7-17(11-18(21)12-31-34)28(38)33-20-14-30-13-19(20)32-27(37)16-5-3-15(4-6-16)26(36)24-22(35)9-10-23(39-2)25(24)29;1-6-35-19-11-12-20(34-5)22(27)21(19)23(31)15-7-9-16(10-8-15)24(32)29-18-14-30(13-17(18)28)25(33)36-26(2,3)4;1-11-8-3-2-6(9(12)13)4-7(8)5-10-11/h3-12,19-20,30,35H,13-14H2,1-2H3,(H,32,37)(H,33,38);7-12,17-18H,6,13-14,28H2,1-5H3,(H,29,32);2-5H,1H3,(H,12,13)/t19-,20-;17-,18-;/m11./s1. The van der Waals surface area contributed by atoms with Crippen LogP contribution in [-0.4, -0.2) is 153 Å². The largest absolute Gasteiger partial charge is 0.507 e. The van der Waals surface area contributed by atoms with E-state index in [0.29, 0.717) is 24.2 Å². The van der Waals surface area contributed by atoms with E-state index in [1.807, 2.05) is 20.2 Å². The van der Waals surface area contributed by atoms with Gasteiger partial charge in [0, 0.05) is 84.9 Å². The summed E-state index contributed by atoms with van der Waals surface area (Å²) in [4.78, 5) is 89.0. The Bertz CT molecular complexity index is 3940. The molecule has 25 heteroatoms. The van der Waals surface area contributed by atoms with Gasteiger partial charge in [0.05, 0.1) is 67.9 Å². The molecular formula is C63H66F2N10O13. The molecule has 88 heavy (non-hydrogen) atoms. The fourth-order valence-corrected chi connectivity index (χ4v) is 9.74. The van der Waals surface area contributed by atoms with Gasteiger partial charge in [0.1, 0.15) is 28.2 Å². The van der Waals surface area contributed by atoms with Crippen molar-refractivity contribution in [2.24, 2.45) is 19.8 Å². The summed E-state index contributed by atoms with van der Waals surface area (Å²) in [7, 11) is 6.22. The van der Waals surface area contributed by atoms with Gasteiger partial charge < -0.3 is 61.1 Å². The molecule has 0 saturated carbocycles. The SMILES string of the molecule is CCOc1ccc(OC)c(F)c1C(=O)c1ccc(C(=O)N[C@@H]2CN(C(=O)OC(C)(C)C)C[C@H]2N)cc1.COc1ccc(O)c(C(=O)c2ccc(C(=O)N[C@@H]3CNC[C@H]3NC(=O)c3ccc4c(cnn4C)c3)cc2)c1F.Cn1ncc2cc(C(=O)O)ccc21. The normalized spacial score (nSPS) is 16.1. The van der Waals surface area contributed by atoms with Gasteiger partial charge in [-0.3, -0.25) is 33.3 Å². The number of hydrogen-bond acceptors (Lipinski definition) is 16. The molecule has 23 nitrogen and oxygen atoms in total. The van der Waals surface area contributed by atoms with Crippen LogP contribution < -0.4 is 41.2 Å². The summed E-state index contributed by atoms with van der Waals surface area (Å²) in [5, 5.41) is 40.6. The predicted molar refractivity (Wildman–Crippen MR) is 319 cm³/mol. The lowest BCUT2D eigenvalue weighted by molar-refractivity contribution is 0.0287. The molecule has 0 radical (unpaired) electrons. The molecule has 6 aromatic carbocycles. The van der Waals surface area contributed by atoms with Crippen LogP contribution in [0.4, 0.5) is 13.6 Å². The molecule has 4 amide bonds. The van der Waals surface area contributed by atoms with Crippen molar-refractivity contribution in [3.8, 4) is 23.0 Å². The number of fused-ring (bicyclic) bond motifs is 2. The number of carbonyl (C=O) groups excluding carboxylic acids is 6. The van der Waals surface area contributed by atoms with Gasteiger partial charge in [-0.2, -0.15) is 10.2 Å². The highest BCUT2D eigenvalue weighted by molar-refractivity contribution is 6.12. The lowest BCUT2D eigenvalue weighted by Gasteiger charge is -2.24. The van der Waals surface area contributed by atoms with Gasteiger partial charge in [0.25, 0.3) is 17.7 Å². The number of nitrogens with zero attached hydrogens (tertiary/aromatic N) is 5. The molecule has 2 aromatic heterocycles. The first kappa shape index (κ1) is 63.7. The number of aromatic carboxylic acids is 1. The van der Waals surface area contributed by atoms with E-state index in [9.17, 15) is 47.4 Å². The van der Waals surface area contributed by atoms with Crippen molar-refractivity contribution in [1.82, 2.24) is 45.7 Å². The number of carboxylic acid groups (broad SMARTS) is 1. The van der Waals surface area contributed by atoms with Crippen LogP contribution in [0, 0.1) is 11.6 Å². The summed E-state index contributed by atoms with van der Waals surface area (Å²) >= 11 is 0. The Morgan fingerprint density at radius 1 is 0.614 bits per heavy atom. The Morgan fingerprint density at radius 3 is 1.55 bits per heavy atom. The van der Waals surface area contributed by atoms with Gasteiger partial charge in [-0.1, -0.05) is 24.3 Å². The average Bonchev–Trinajstić information content (AvgIpc) is 3.33. The van der Waals surface area contributed by atoms with E-state index in [2.05, 4.69) is 31.5 Å². The van der Waals surface area contributed by atoms with E-state index in [1.54, 1.807) is 79.8 Å². The Kier molecular flexibility index (Phi) is 19.8. The summed E-state index contributed by atoms with van der Waals surface area (Å²) in [5.41, 5.74) is 8.20. The number of ether oxygens (including phenoxy) is 4. The van der Waals surface area contributed by atoms with E-state index in [0.717, 1.165) is 21.8 Å². The summed E-state index contributed by atoms with van der Waals surface area (Å²) in [5.74, 6) is -5.77. The van der Waals surface area contributed by atoms with Crippen molar-refractivity contribution in [2.45, 2.75) is 57.5 Å². The van der Waals surface area contributed by atoms with E-state index >= 15 is 0 Å². The van der Waals surface area contributed by atoms with E-state index in [-0.39, 0.29) is 82.8 Å². The molecule has 2 fully saturated rings. The number of aromatic hydroxyl groups is 1.